The minimum Gasteiger partial charge on any atom is -0.481 e. The number of aliphatic hydroxyl groups excluding tert-OH is 1. The normalized spacial score (nSPS) is 14.3. The van der Waals surface area contributed by atoms with E-state index >= 15 is 0 Å². The van der Waals surface area contributed by atoms with E-state index in [-0.39, 0.29) is 37.2 Å². The van der Waals surface area contributed by atoms with Crippen molar-refractivity contribution in [3.05, 3.63) is 29.8 Å². The van der Waals surface area contributed by atoms with Crippen LogP contribution in [0.15, 0.2) is 24.3 Å². The van der Waals surface area contributed by atoms with Gasteiger partial charge in [-0.15, -0.1) is 0 Å². The third kappa shape index (κ3) is 12.9. The van der Waals surface area contributed by atoms with E-state index < -0.39 is 47.9 Å². The van der Waals surface area contributed by atoms with Crippen molar-refractivity contribution in [2.75, 3.05) is 25.1 Å². The number of aliphatic hydroxyl groups is 1. The van der Waals surface area contributed by atoms with Crippen LogP contribution in [0.1, 0.15) is 58.9 Å². The number of carboxylic acids is 3. The van der Waals surface area contributed by atoms with Crippen LogP contribution in [0, 0.1) is 10.8 Å². The van der Waals surface area contributed by atoms with Crippen molar-refractivity contribution < 1.29 is 49.1 Å². The Bertz CT molecular complexity index is 1020. The molecule has 0 saturated heterocycles. The molecule has 0 radical (unpaired) electrons. The number of amides is 3. The largest absolute Gasteiger partial charge is 0.481 e. The van der Waals surface area contributed by atoms with Gasteiger partial charge in [-0.25, -0.2) is 14.4 Å². The van der Waals surface area contributed by atoms with Crippen LogP contribution < -0.4 is 16.0 Å². The molecule has 3 atom stereocenters. The number of urea groups is 1. The van der Waals surface area contributed by atoms with Gasteiger partial charge in [-0.3, -0.25) is 9.59 Å². The van der Waals surface area contributed by atoms with Crippen LogP contribution in [-0.2, 0) is 30.3 Å². The molecule has 1 aromatic carbocycles. The van der Waals surface area contributed by atoms with Crippen LogP contribution in [0.3, 0.4) is 0 Å². The lowest BCUT2D eigenvalue weighted by molar-refractivity contribution is -0.140. The molecule has 1 rings (SSSR count). The Balaban J connectivity index is 2.67. The quantitative estimate of drug-likeness (QED) is 0.137. The number of ether oxygens (including phenoxy) is 1. The summed E-state index contributed by atoms with van der Waals surface area (Å²) in [6, 6.07) is 2.42. The van der Waals surface area contributed by atoms with E-state index in [9.17, 15) is 34.2 Å². The molecule has 0 saturated carbocycles. The molecule has 13 nitrogen and oxygen atoms in total. The first-order valence-corrected chi connectivity index (χ1v) is 12.9. The molecule has 0 fully saturated rings. The Morgan fingerprint density at radius 2 is 1.48 bits per heavy atom. The summed E-state index contributed by atoms with van der Waals surface area (Å²) in [5, 5.41) is 43.9. The van der Waals surface area contributed by atoms with Crippen LogP contribution in [0.25, 0.3) is 0 Å². The van der Waals surface area contributed by atoms with Gasteiger partial charge in [-0.05, 0) is 36.0 Å². The third-order valence-corrected chi connectivity index (χ3v) is 6.35. The second kappa shape index (κ2) is 15.8. The maximum absolute atomic E-state index is 12.6. The lowest BCUT2D eigenvalue weighted by Crippen LogP contribution is -2.51. The van der Waals surface area contributed by atoms with Gasteiger partial charge in [-0.1, -0.05) is 39.8 Å². The van der Waals surface area contributed by atoms with Crippen molar-refractivity contribution in [2.24, 2.45) is 10.8 Å². The Labute approximate surface area is 233 Å². The molecule has 40 heavy (non-hydrogen) atoms. The third-order valence-electron chi connectivity index (χ3n) is 6.35. The summed E-state index contributed by atoms with van der Waals surface area (Å²) in [6.07, 6.45) is -0.0396. The fraction of sp³-hybridized carbons (Fsp3) is 0.593. The minimum absolute atomic E-state index is 0.0106. The highest BCUT2D eigenvalue weighted by Crippen LogP contribution is 2.25. The number of nitrogens with one attached hydrogen (secondary N) is 3. The van der Waals surface area contributed by atoms with Crippen molar-refractivity contribution in [1.29, 1.82) is 0 Å². The van der Waals surface area contributed by atoms with Crippen molar-refractivity contribution in [3.8, 4) is 0 Å². The van der Waals surface area contributed by atoms with E-state index in [1.54, 1.807) is 24.3 Å². The second-order valence-electron chi connectivity index (χ2n) is 10.9. The highest BCUT2D eigenvalue weighted by Gasteiger charge is 2.27. The standard InChI is InChI=1S/C27H41N3O10/c1-5-27(4,14-31)16-40-15-26(2,3)13-21(32)28-18-8-6-17(7-9-18)12-20(24(37)38)30-25(39)29-19(23(35)36)10-11-22(33)34/h6-9,19-20,31H,5,10-16H2,1-4H3,(H,28,32)(H,33,34)(H,35,36)(H,37,38)(H2,29,30,39). The Hall–Kier alpha value is -3.71. The van der Waals surface area contributed by atoms with Gasteiger partial charge in [0.05, 0.1) is 19.8 Å². The molecule has 1 aromatic rings. The summed E-state index contributed by atoms with van der Waals surface area (Å²) in [5.41, 5.74) is 0.233. The van der Waals surface area contributed by atoms with Gasteiger partial charge in [0.25, 0.3) is 0 Å². The van der Waals surface area contributed by atoms with Gasteiger partial charge >= 0.3 is 23.9 Å². The van der Waals surface area contributed by atoms with Crippen molar-refractivity contribution in [1.82, 2.24) is 10.6 Å². The topological polar surface area (TPSA) is 212 Å². The number of aliphatic carboxylic acids is 3. The first-order chi connectivity index (χ1) is 18.6. The molecular formula is C27H41N3O10. The lowest BCUT2D eigenvalue weighted by Gasteiger charge is -2.29. The molecule has 224 valence electrons. The molecule has 0 aromatic heterocycles. The van der Waals surface area contributed by atoms with Crippen LogP contribution in [0.4, 0.5) is 10.5 Å². The van der Waals surface area contributed by atoms with Crippen molar-refractivity contribution in [2.45, 2.75) is 71.9 Å². The summed E-state index contributed by atoms with van der Waals surface area (Å²) in [7, 11) is 0. The summed E-state index contributed by atoms with van der Waals surface area (Å²) in [6.45, 7) is 8.43. The summed E-state index contributed by atoms with van der Waals surface area (Å²) >= 11 is 0. The van der Waals surface area contributed by atoms with E-state index in [4.69, 9.17) is 14.9 Å². The van der Waals surface area contributed by atoms with Crippen molar-refractivity contribution >= 4 is 35.5 Å². The molecular weight excluding hydrogens is 526 g/mol. The van der Waals surface area contributed by atoms with Gasteiger partial charge in [0, 0.05) is 30.4 Å². The number of carbonyl (C=O) groups excluding carboxylic acids is 2. The molecule has 7 N–H and O–H groups in total. The molecule has 3 amide bonds. The predicted octanol–water partition coefficient (Wildman–Crippen LogP) is 2.08. The van der Waals surface area contributed by atoms with Gasteiger partial charge in [0.15, 0.2) is 0 Å². The van der Waals surface area contributed by atoms with Gasteiger partial charge in [0.1, 0.15) is 12.1 Å². The fourth-order valence-corrected chi connectivity index (χ4v) is 3.57. The average Bonchev–Trinajstić information content (AvgIpc) is 2.86. The Kier molecular flexibility index (Phi) is 13.5. The smallest absolute Gasteiger partial charge is 0.326 e. The summed E-state index contributed by atoms with van der Waals surface area (Å²) in [5.74, 6) is -4.27. The van der Waals surface area contributed by atoms with E-state index in [2.05, 4.69) is 16.0 Å². The summed E-state index contributed by atoms with van der Waals surface area (Å²) < 4.78 is 5.78. The average molecular weight is 568 g/mol. The Morgan fingerprint density at radius 3 is 1.98 bits per heavy atom. The van der Waals surface area contributed by atoms with E-state index in [0.717, 1.165) is 6.42 Å². The molecule has 0 aliphatic heterocycles. The minimum atomic E-state index is -1.50. The number of benzene rings is 1. The van der Waals surface area contributed by atoms with E-state index in [0.29, 0.717) is 24.5 Å². The lowest BCUT2D eigenvalue weighted by atomic mass is 9.88. The zero-order chi connectivity index (χ0) is 30.5. The van der Waals surface area contributed by atoms with E-state index in [1.165, 1.54) is 0 Å². The zero-order valence-electron chi connectivity index (χ0n) is 23.4. The zero-order valence-corrected chi connectivity index (χ0v) is 23.4. The van der Waals surface area contributed by atoms with Crippen LogP contribution in [0.2, 0.25) is 0 Å². The highest BCUT2D eigenvalue weighted by atomic mass is 16.5. The Morgan fingerprint density at radius 1 is 0.900 bits per heavy atom. The molecule has 0 bridgehead atoms. The van der Waals surface area contributed by atoms with Gasteiger partial charge < -0.3 is 41.1 Å². The predicted molar refractivity (Wildman–Crippen MR) is 145 cm³/mol. The SMILES string of the molecule is CCC(C)(CO)COCC(C)(C)CC(=O)Nc1ccc(CC(NC(=O)NC(CCC(=O)O)C(=O)O)C(=O)O)cc1. The molecule has 13 heteroatoms. The number of carboxylic acid groups (broad SMARTS) is 3. The first kappa shape index (κ1) is 34.3. The fourth-order valence-electron chi connectivity index (χ4n) is 3.57. The number of hydrogen-bond acceptors (Lipinski definition) is 7. The first-order valence-electron chi connectivity index (χ1n) is 12.9. The monoisotopic (exact) mass is 567 g/mol. The van der Waals surface area contributed by atoms with Crippen LogP contribution in [0.5, 0.6) is 0 Å². The molecule has 3 unspecified atom stereocenters. The summed E-state index contributed by atoms with van der Waals surface area (Å²) in [4.78, 5) is 58.4. The second-order valence-corrected chi connectivity index (χ2v) is 10.9. The molecule has 0 aliphatic rings. The molecule has 0 aliphatic carbocycles. The van der Waals surface area contributed by atoms with E-state index in [1.807, 2.05) is 27.7 Å². The number of rotatable bonds is 18. The number of hydrogen-bond donors (Lipinski definition) is 7. The van der Waals surface area contributed by atoms with Gasteiger partial charge in [-0.2, -0.15) is 0 Å². The van der Waals surface area contributed by atoms with Crippen molar-refractivity contribution in [3.63, 3.8) is 0 Å². The van der Waals surface area contributed by atoms with Crippen LogP contribution in [-0.4, -0.2) is 82.2 Å². The van der Waals surface area contributed by atoms with Crippen LogP contribution >= 0.6 is 0 Å². The highest BCUT2D eigenvalue weighted by molar-refractivity contribution is 5.91. The van der Waals surface area contributed by atoms with Gasteiger partial charge in [0.2, 0.25) is 5.91 Å². The maximum atomic E-state index is 12.6. The number of anilines is 1. The number of carbonyl (C=O) groups is 5. The maximum Gasteiger partial charge on any atom is 0.326 e. The molecule has 0 spiro atoms. The molecule has 0 heterocycles.